The zero-order chi connectivity index (χ0) is 14.4. The molecule has 0 saturated heterocycles. The van der Waals surface area contributed by atoms with Gasteiger partial charge in [-0.15, -0.1) is 0 Å². The summed E-state index contributed by atoms with van der Waals surface area (Å²) in [7, 11) is 0. The van der Waals surface area contributed by atoms with E-state index in [9.17, 15) is 4.79 Å². The fourth-order valence-corrected chi connectivity index (χ4v) is 2.00. The van der Waals surface area contributed by atoms with Crippen molar-refractivity contribution in [3.05, 3.63) is 11.4 Å². The summed E-state index contributed by atoms with van der Waals surface area (Å²) >= 11 is 0. The molecule has 0 bridgehead atoms. The first kappa shape index (κ1) is 15.5. The summed E-state index contributed by atoms with van der Waals surface area (Å²) in [6.45, 7) is 9.76. The Balaban J connectivity index is 2.85. The minimum absolute atomic E-state index is 0.0705. The van der Waals surface area contributed by atoms with Gasteiger partial charge in [0.05, 0.1) is 11.4 Å². The van der Waals surface area contributed by atoms with Crippen molar-refractivity contribution >= 4 is 11.6 Å². The summed E-state index contributed by atoms with van der Waals surface area (Å²) in [5.74, 6) is 0.415. The highest BCUT2D eigenvalue weighted by atomic mass is 16.2. The zero-order valence-corrected chi connectivity index (χ0v) is 12.5. The van der Waals surface area contributed by atoms with Crippen LogP contribution in [0.15, 0.2) is 0 Å². The minimum atomic E-state index is -0.0705. The number of amides is 1. The predicted octanol–water partition coefficient (Wildman–Crippen LogP) is 2.45. The summed E-state index contributed by atoms with van der Waals surface area (Å²) in [5.41, 5.74) is 7.75. The highest BCUT2D eigenvalue weighted by molar-refractivity contribution is 5.97. The second kappa shape index (κ2) is 7.16. The van der Waals surface area contributed by atoms with Gasteiger partial charge < -0.3 is 10.6 Å². The van der Waals surface area contributed by atoms with Crippen molar-refractivity contribution in [1.29, 1.82) is 0 Å². The number of carbonyl (C=O) groups is 1. The Kier molecular flexibility index (Phi) is 5.86. The van der Waals surface area contributed by atoms with Crippen LogP contribution in [0.1, 0.15) is 56.7 Å². The van der Waals surface area contributed by atoms with Gasteiger partial charge in [0.15, 0.2) is 5.69 Å². The van der Waals surface area contributed by atoms with Gasteiger partial charge in [0, 0.05) is 13.1 Å². The van der Waals surface area contributed by atoms with Crippen LogP contribution in [0.2, 0.25) is 0 Å². The molecule has 0 spiro atoms. The summed E-state index contributed by atoms with van der Waals surface area (Å²) in [4.78, 5) is 14.2. The summed E-state index contributed by atoms with van der Waals surface area (Å²) in [6, 6.07) is 0. The number of aromatic amines is 1. The Morgan fingerprint density at radius 2 is 2.11 bits per heavy atom. The monoisotopic (exact) mass is 266 g/mol. The summed E-state index contributed by atoms with van der Waals surface area (Å²) in [5, 5.41) is 6.97. The van der Waals surface area contributed by atoms with Gasteiger partial charge in [-0.1, -0.05) is 33.6 Å². The van der Waals surface area contributed by atoms with Crippen LogP contribution in [-0.2, 0) is 6.42 Å². The van der Waals surface area contributed by atoms with E-state index in [1.54, 1.807) is 0 Å². The lowest BCUT2D eigenvalue weighted by atomic mass is 10.1. The van der Waals surface area contributed by atoms with Crippen LogP contribution in [0.4, 0.5) is 5.69 Å². The van der Waals surface area contributed by atoms with Crippen LogP contribution in [0.5, 0.6) is 0 Å². The number of nitrogen functional groups attached to an aromatic ring is 1. The molecule has 1 aromatic rings. The molecule has 108 valence electrons. The third-order valence-corrected chi connectivity index (χ3v) is 3.48. The molecule has 1 heterocycles. The number of hydrogen-bond donors (Lipinski definition) is 2. The molecular weight excluding hydrogens is 240 g/mol. The summed E-state index contributed by atoms with van der Waals surface area (Å²) in [6.07, 6.45) is 2.86. The smallest absolute Gasteiger partial charge is 0.276 e. The van der Waals surface area contributed by atoms with Crippen LogP contribution in [0, 0.1) is 5.92 Å². The van der Waals surface area contributed by atoms with E-state index in [0.717, 1.165) is 31.5 Å². The van der Waals surface area contributed by atoms with E-state index in [-0.39, 0.29) is 5.91 Å². The number of nitrogens with one attached hydrogen (secondary N) is 1. The quantitative estimate of drug-likeness (QED) is 0.796. The Bertz CT molecular complexity index is 414. The average Bonchev–Trinajstić information content (AvgIpc) is 2.77. The van der Waals surface area contributed by atoms with Crippen molar-refractivity contribution in [2.24, 2.45) is 5.92 Å². The molecule has 5 heteroatoms. The molecule has 0 aliphatic carbocycles. The van der Waals surface area contributed by atoms with Gasteiger partial charge in [0.1, 0.15) is 0 Å². The summed E-state index contributed by atoms with van der Waals surface area (Å²) < 4.78 is 0. The first-order chi connectivity index (χ1) is 9.04. The van der Waals surface area contributed by atoms with Gasteiger partial charge in [0.2, 0.25) is 0 Å². The Morgan fingerprint density at radius 3 is 2.63 bits per heavy atom. The second-order valence-electron chi connectivity index (χ2n) is 5.07. The number of rotatable bonds is 7. The van der Waals surface area contributed by atoms with E-state index < -0.39 is 0 Å². The third kappa shape index (κ3) is 3.72. The van der Waals surface area contributed by atoms with Crippen LogP contribution >= 0.6 is 0 Å². The zero-order valence-electron chi connectivity index (χ0n) is 12.5. The average molecular weight is 266 g/mol. The molecule has 1 unspecified atom stereocenters. The maximum absolute atomic E-state index is 12.4. The fraction of sp³-hybridized carbons (Fsp3) is 0.714. The lowest BCUT2D eigenvalue weighted by Crippen LogP contribution is -2.35. The predicted molar refractivity (Wildman–Crippen MR) is 78.0 cm³/mol. The van der Waals surface area contributed by atoms with E-state index in [1.807, 2.05) is 11.8 Å². The first-order valence-corrected chi connectivity index (χ1v) is 7.16. The molecule has 1 atom stereocenters. The van der Waals surface area contributed by atoms with Crippen molar-refractivity contribution < 1.29 is 4.79 Å². The highest BCUT2D eigenvalue weighted by Gasteiger charge is 2.22. The Hall–Kier alpha value is -1.52. The second-order valence-corrected chi connectivity index (χ2v) is 5.07. The van der Waals surface area contributed by atoms with E-state index in [4.69, 9.17) is 5.73 Å². The fourth-order valence-electron chi connectivity index (χ4n) is 2.00. The van der Waals surface area contributed by atoms with E-state index in [0.29, 0.717) is 23.8 Å². The lowest BCUT2D eigenvalue weighted by Gasteiger charge is -2.23. The molecule has 0 fully saturated rings. The van der Waals surface area contributed by atoms with E-state index in [2.05, 4.69) is 31.0 Å². The van der Waals surface area contributed by atoms with Gasteiger partial charge in [-0.25, -0.2) is 0 Å². The molecule has 0 aliphatic heterocycles. The molecule has 1 rings (SSSR count). The number of anilines is 1. The number of H-pyrrole nitrogens is 1. The van der Waals surface area contributed by atoms with Crippen molar-refractivity contribution in [1.82, 2.24) is 15.1 Å². The highest BCUT2D eigenvalue weighted by Crippen LogP contribution is 2.18. The van der Waals surface area contributed by atoms with Crippen molar-refractivity contribution in [3.8, 4) is 0 Å². The topological polar surface area (TPSA) is 75.0 Å². The molecular formula is C14H26N4O. The standard InChI is InChI=1S/C14H26N4O/c1-5-8-11-12(15)13(17-16-11)14(19)18(7-3)9-10(4)6-2/h10H,5-9,15H2,1-4H3,(H,16,17). The molecule has 1 aromatic heterocycles. The van der Waals surface area contributed by atoms with Gasteiger partial charge in [-0.05, 0) is 19.3 Å². The first-order valence-electron chi connectivity index (χ1n) is 7.16. The lowest BCUT2D eigenvalue weighted by molar-refractivity contribution is 0.0736. The SMILES string of the molecule is CCCc1[nH]nc(C(=O)N(CC)CC(C)CC)c1N. The third-order valence-electron chi connectivity index (χ3n) is 3.48. The minimum Gasteiger partial charge on any atom is -0.395 e. The molecule has 19 heavy (non-hydrogen) atoms. The molecule has 1 amide bonds. The van der Waals surface area contributed by atoms with Crippen LogP contribution < -0.4 is 5.73 Å². The number of nitrogens with two attached hydrogens (primary N) is 1. The van der Waals surface area contributed by atoms with Crippen molar-refractivity contribution in [2.45, 2.75) is 47.0 Å². The normalized spacial score (nSPS) is 12.4. The molecule has 0 aromatic carbocycles. The number of carbonyl (C=O) groups excluding carboxylic acids is 1. The Morgan fingerprint density at radius 1 is 1.42 bits per heavy atom. The largest absolute Gasteiger partial charge is 0.395 e. The van der Waals surface area contributed by atoms with E-state index in [1.165, 1.54) is 0 Å². The van der Waals surface area contributed by atoms with Gasteiger partial charge in [-0.2, -0.15) is 5.10 Å². The number of hydrogen-bond acceptors (Lipinski definition) is 3. The molecule has 3 N–H and O–H groups in total. The Labute approximate surface area is 115 Å². The molecule has 0 aliphatic rings. The molecule has 0 radical (unpaired) electrons. The molecule has 5 nitrogen and oxygen atoms in total. The maximum Gasteiger partial charge on any atom is 0.276 e. The van der Waals surface area contributed by atoms with Crippen LogP contribution in [0.3, 0.4) is 0 Å². The maximum atomic E-state index is 12.4. The van der Waals surface area contributed by atoms with Gasteiger partial charge in [0.25, 0.3) is 5.91 Å². The van der Waals surface area contributed by atoms with Crippen LogP contribution in [0.25, 0.3) is 0 Å². The van der Waals surface area contributed by atoms with Gasteiger partial charge in [-0.3, -0.25) is 9.89 Å². The number of aryl methyl sites for hydroxylation is 1. The van der Waals surface area contributed by atoms with Crippen LogP contribution in [-0.4, -0.2) is 34.1 Å². The van der Waals surface area contributed by atoms with Crippen molar-refractivity contribution in [2.75, 3.05) is 18.8 Å². The van der Waals surface area contributed by atoms with E-state index >= 15 is 0 Å². The number of aromatic nitrogens is 2. The molecule has 0 saturated carbocycles. The number of nitrogens with zero attached hydrogens (tertiary/aromatic N) is 2. The van der Waals surface area contributed by atoms with Gasteiger partial charge >= 0.3 is 0 Å². The van der Waals surface area contributed by atoms with Crippen molar-refractivity contribution in [3.63, 3.8) is 0 Å².